The van der Waals surface area contributed by atoms with Gasteiger partial charge in [-0.1, -0.05) is 6.92 Å². The highest BCUT2D eigenvalue weighted by molar-refractivity contribution is 5.67. The molecule has 2 heterocycles. The first-order valence-corrected chi connectivity index (χ1v) is 5.33. The normalized spacial score (nSPS) is 19.9. The van der Waals surface area contributed by atoms with Crippen molar-refractivity contribution < 1.29 is 9.90 Å². The molecule has 0 aliphatic carbocycles. The largest absolute Gasteiger partial charge is 0.481 e. The summed E-state index contributed by atoms with van der Waals surface area (Å²) in [5.74, 6) is 1.47. The molecule has 0 saturated heterocycles. The van der Waals surface area contributed by atoms with Crippen LogP contribution in [0.5, 0.6) is 0 Å². The molecule has 2 rings (SSSR count). The maximum atomic E-state index is 10.6. The van der Waals surface area contributed by atoms with Crippen LogP contribution in [-0.2, 0) is 24.2 Å². The molecule has 82 valence electrons. The summed E-state index contributed by atoms with van der Waals surface area (Å²) >= 11 is 0. The molecular weight excluding hydrogens is 194 g/mol. The number of fused-ring (bicyclic) bond motifs is 1. The van der Waals surface area contributed by atoms with E-state index in [9.17, 15) is 4.79 Å². The molecule has 5 heteroatoms. The molecule has 1 aliphatic heterocycles. The summed E-state index contributed by atoms with van der Waals surface area (Å²) < 4.78 is 2.12. The molecule has 1 unspecified atom stereocenters. The van der Waals surface area contributed by atoms with Gasteiger partial charge in [-0.2, -0.15) is 0 Å². The Balaban J connectivity index is 2.10. The minimum absolute atomic E-state index is 0.226. The number of carboxylic acids is 1. The number of hydrogen-bond donors (Lipinski definition) is 1. The second-order valence-corrected chi connectivity index (χ2v) is 3.99. The number of aliphatic carboxylic acids is 1. The van der Waals surface area contributed by atoms with Gasteiger partial charge in [0.05, 0.1) is 0 Å². The maximum Gasteiger partial charge on any atom is 0.303 e. The Bertz CT molecular complexity index is 373. The molecule has 0 fully saturated rings. The average Bonchev–Trinajstić information content (AvgIpc) is 2.58. The molecule has 1 N–H and O–H groups in total. The quantitative estimate of drug-likeness (QED) is 0.802. The zero-order chi connectivity index (χ0) is 10.8. The molecular formula is C10H15N3O2. The van der Waals surface area contributed by atoms with Gasteiger partial charge in [-0.25, -0.2) is 0 Å². The highest BCUT2D eigenvalue weighted by Crippen LogP contribution is 2.22. The number of carbonyl (C=O) groups is 1. The SMILES string of the molecule is CCc1nnc2n1CCC(CC(=O)O)C2. The highest BCUT2D eigenvalue weighted by Gasteiger charge is 2.23. The van der Waals surface area contributed by atoms with E-state index in [0.29, 0.717) is 0 Å². The van der Waals surface area contributed by atoms with Gasteiger partial charge < -0.3 is 9.67 Å². The molecule has 1 aliphatic rings. The lowest BCUT2D eigenvalue weighted by Gasteiger charge is -2.22. The van der Waals surface area contributed by atoms with Gasteiger partial charge in [0.1, 0.15) is 11.6 Å². The molecule has 0 bridgehead atoms. The van der Waals surface area contributed by atoms with Gasteiger partial charge in [0.2, 0.25) is 0 Å². The Morgan fingerprint density at radius 3 is 3.07 bits per heavy atom. The number of aromatic nitrogens is 3. The number of hydrogen-bond acceptors (Lipinski definition) is 3. The summed E-state index contributed by atoms with van der Waals surface area (Å²) in [5.41, 5.74) is 0. The lowest BCUT2D eigenvalue weighted by molar-refractivity contribution is -0.138. The van der Waals surface area contributed by atoms with Gasteiger partial charge in [-0.15, -0.1) is 10.2 Å². The third-order valence-electron chi connectivity index (χ3n) is 2.92. The first-order valence-electron chi connectivity index (χ1n) is 5.33. The molecule has 1 aromatic rings. The molecule has 1 atom stereocenters. The van der Waals surface area contributed by atoms with E-state index in [1.807, 2.05) is 0 Å². The number of rotatable bonds is 3. The minimum atomic E-state index is -0.719. The van der Waals surface area contributed by atoms with Gasteiger partial charge in [0.15, 0.2) is 0 Å². The first-order chi connectivity index (χ1) is 7.20. The van der Waals surface area contributed by atoms with Gasteiger partial charge in [0.25, 0.3) is 0 Å². The van der Waals surface area contributed by atoms with Crippen molar-refractivity contribution in [2.75, 3.05) is 0 Å². The van der Waals surface area contributed by atoms with E-state index >= 15 is 0 Å². The lowest BCUT2D eigenvalue weighted by atomic mass is 9.94. The average molecular weight is 209 g/mol. The van der Waals surface area contributed by atoms with Gasteiger partial charge in [-0.05, 0) is 12.3 Å². The molecule has 5 nitrogen and oxygen atoms in total. The molecule has 0 saturated carbocycles. The summed E-state index contributed by atoms with van der Waals surface area (Å²) in [6, 6.07) is 0. The van der Waals surface area contributed by atoms with Gasteiger partial charge in [-0.3, -0.25) is 4.79 Å². The van der Waals surface area contributed by atoms with E-state index in [-0.39, 0.29) is 12.3 Å². The Morgan fingerprint density at radius 1 is 1.60 bits per heavy atom. The van der Waals surface area contributed by atoms with Crippen LogP contribution in [0.1, 0.15) is 31.4 Å². The van der Waals surface area contributed by atoms with Crippen LogP contribution in [0.4, 0.5) is 0 Å². The molecule has 15 heavy (non-hydrogen) atoms. The fraction of sp³-hybridized carbons (Fsp3) is 0.700. The zero-order valence-electron chi connectivity index (χ0n) is 8.81. The summed E-state index contributed by atoms with van der Waals surface area (Å²) in [6.07, 6.45) is 2.80. The van der Waals surface area contributed by atoms with Crippen LogP contribution in [0.3, 0.4) is 0 Å². The van der Waals surface area contributed by atoms with Crippen LogP contribution in [0.15, 0.2) is 0 Å². The third kappa shape index (κ3) is 2.00. The van der Waals surface area contributed by atoms with E-state index < -0.39 is 5.97 Å². The smallest absolute Gasteiger partial charge is 0.303 e. The Hall–Kier alpha value is -1.39. The minimum Gasteiger partial charge on any atom is -0.481 e. The monoisotopic (exact) mass is 209 g/mol. The number of carboxylic acid groups (broad SMARTS) is 1. The van der Waals surface area contributed by atoms with Crippen LogP contribution in [0.2, 0.25) is 0 Å². The van der Waals surface area contributed by atoms with Crippen molar-refractivity contribution in [3.63, 3.8) is 0 Å². The van der Waals surface area contributed by atoms with E-state index in [2.05, 4.69) is 21.7 Å². The van der Waals surface area contributed by atoms with Crippen molar-refractivity contribution in [1.29, 1.82) is 0 Å². The van der Waals surface area contributed by atoms with Crippen molar-refractivity contribution >= 4 is 5.97 Å². The summed E-state index contributed by atoms with van der Waals surface area (Å²) in [7, 11) is 0. The molecule has 0 amide bonds. The van der Waals surface area contributed by atoms with Gasteiger partial charge in [0, 0.05) is 25.8 Å². The Labute approximate surface area is 88.1 Å². The molecule has 0 aromatic carbocycles. The summed E-state index contributed by atoms with van der Waals surface area (Å²) in [6.45, 7) is 2.92. The van der Waals surface area contributed by atoms with Crippen LogP contribution in [0, 0.1) is 5.92 Å². The Morgan fingerprint density at radius 2 is 2.40 bits per heavy atom. The van der Waals surface area contributed by atoms with Crippen molar-refractivity contribution in [1.82, 2.24) is 14.8 Å². The van der Waals surface area contributed by atoms with E-state index in [0.717, 1.165) is 37.5 Å². The maximum absolute atomic E-state index is 10.6. The van der Waals surface area contributed by atoms with Gasteiger partial charge >= 0.3 is 5.97 Å². The topological polar surface area (TPSA) is 68.0 Å². The van der Waals surface area contributed by atoms with Crippen molar-refractivity contribution in [2.24, 2.45) is 5.92 Å². The standard InChI is InChI=1S/C10H15N3O2/c1-2-8-11-12-9-5-7(6-10(14)15)3-4-13(8)9/h7H,2-6H2,1H3,(H,14,15). The third-order valence-corrected chi connectivity index (χ3v) is 2.92. The summed E-state index contributed by atoms with van der Waals surface area (Å²) in [4.78, 5) is 10.6. The van der Waals surface area contributed by atoms with Crippen molar-refractivity contribution in [3.8, 4) is 0 Å². The molecule has 0 radical (unpaired) electrons. The fourth-order valence-electron chi connectivity index (χ4n) is 2.14. The highest BCUT2D eigenvalue weighted by atomic mass is 16.4. The van der Waals surface area contributed by atoms with Crippen LogP contribution in [0.25, 0.3) is 0 Å². The van der Waals surface area contributed by atoms with Crippen LogP contribution < -0.4 is 0 Å². The fourth-order valence-corrected chi connectivity index (χ4v) is 2.14. The molecule has 0 spiro atoms. The van der Waals surface area contributed by atoms with Crippen molar-refractivity contribution in [2.45, 2.75) is 39.2 Å². The van der Waals surface area contributed by atoms with Crippen LogP contribution >= 0.6 is 0 Å². The Kier molecular flexibility index (Phi) is 2.70. The molecule has 1 aromatic heterocycles. The zero-order valence-corrected chi connectivity index (χ0v) is 8.81. The summed E-state index contributed by atoms with van der Waals surface area (Å²) in [5, 5.41) is 16.9. The van der Waals surface area contributed by atoms with Crippen molar-refractivity contribution in [3.05, 3.63) is 11.6 Å². The van der Waals surface area contributed by atoms with E-state index in [1.165, 1.54) is 0 Å². The van der Waals surface area contributed by atoms with Crippen LogP contribution in [-0.4, -0.2) is 25.8 Å². The van der Waals surface area contributed by atoms with E-state index in [4.69, 9.17) is 5.11 Å². The predicted molar refractivity (Wildman–Crippen MR) is 53.5 cm³/mol. The number of aryl methyl sites for hydroxylation is 1. The second kappa shape index (κ2) is 4.00. The number of nitrogens with zero attached hydrogens (tertiary/aromatic N) is 3. The second-order valence-electron chi connectivity index (χ2n) is 3.99. The first kappa shape index (κ1) is 10.1. The predicted octanol–water partition coefficient (Wildman–Crippen LogP) is 0.878. The lowest BCUT2D eigenvalue weighted by Crippen LogP contribution is -2.22. The van der Waals surface area contributed by atoms with E-state index in [1.54, 1.807) is 0 Å².